The number of hydrogen-bond acceptors (Lipinski definition) is 2. The normalized spacial score (nSPS) is 9.50. The molecular weight excluding hydrogens is 183 g/mol. The van der Waals surface area contributed by atoms with Crippen molar-refractivity contribution in [1.82, 2.24) is 10.3 Å². The number of carbonyl (C=O) groups excluding carboxylic acids is 1. The molecule has 1 aromatic heterocycles. The van der Waals surface area contributed by atoms with Gasteiger partial charge in [-0.3, -0.25) is 4.79 Å². The Morgan fingerprint density at radius 1 is 1.64 bits per heavy atom. The van der Waals surface area contributed by atoms with E-state index in [-0.39, 0.29) is 11.6 Å². The van der Waals surface area contributed by atoms with Gasteiger partial charge in [-0.15, -0.1) is 6.58 Å². The van der Waals surface area contributed by atoms with Crippen LogP contribution in [0.15, 0.2) is 30.9 Å². The van der Waals surface area contributed by atoms with E-state index < -0.39 is 5.95 Å². The summed E-state index contributed by atoms with van der Waals surface area (Å²) in [5.41, 5.74) is 0.0917. The number of halogens is 1. The van der Waals surface area contributed by atoms with E-state index in [0.717, 1.165) is 0 Å². The molecule has 0 aromatic carbocycles. The Balaban J connectivity index is 2.56. The van der Waals surface area contributed by atoms with Crippen molar-refractivity contribution in [3.8, 4) is 0 Å². The summed E-state index contributed by atoms with van der Waals surface area (Å²) < 4.78 is 12.6. The molecule has 0 fully saturated rings. The smallest absolute Gasteiger partial charge is 0.270 e. The Bertz CT molecular complexity index is 339. The fourth-order valence-electron chi connectivity index (χ4n) is 0.913. The molecule has 1 rings (SSSR count). The summed E-state index contributed by atoms with van der Waals surface area (Å²) in [4.78, 5) is 14.7. The standard InChI is InChI=1S/C10H11FN2O/c1-2-3-7-12-10(14)8-5-4-6-9(11)13-8/h2,4-6H,1,3,7H2,(H,12,14). The zero-order valence-electron chi connectivity index (χ0n) is 7.66. The maximum atomic E-state index is 12.6. The molecule has 74 valence electrons. The summed E-state index contributed by atoms with van der Waals surface area (Å²) in [5, 5.41) is 2.59. The van der Waals surface area contributed by atoms with E-state index in [9.17, 15) is 9.18 Å². The summed E-state index contributed by atoms with van der Waals surface area (Å²) in [6, 6.07) is 4.11. The summed E-state index contributed by atoms with van der Waals surface area (Å²) in [5.74, 6) is -1.02. The van der Waals surface area contributed by atoms with Crippen molar-refractivity contribution in [2.24, 2.45) is 0 Å². The highest BCUT2D eigenvalue weighted by molar-refractivity contribution is 5.92. The van der Waals surface area contributed by atoms with Crippen LogP contribution >= 0.6 is 0 Å². The molecule has 0 unspecified atom stereocenters. The fourth-order valence-corrected chi connectivity index (χ4v) is 0.913. The van der Waals surface area contributed by atoms with Gasteiger partial charge in [-0.1, -0.05) is 12.1 Å². The van der Waals surface area contributed by atoms with Crippen LogP contribution in [0.2, 0.25) is 0 Å². The number of amides is 1. The van der Waals surface area contributed by atoms with Crippen LogP contribution in [0.1, 0.15) is 16.9 Å². The predicted octanol–water partition coefficient (Wildman–Crippen LogP) is 1.53. The van der Waals surface area contributed by atoms with Crippen LogP contribution in [-0.2, 0) is 0 Å². The third-order valence-electron chi connectivity index (χ3n) is 1.58. The molecule has 1 heterocycles. The minimum absolute atomic E-state index is 0.0917. The molecule has 1 N–H and O–H groups in total. The van der Waals surface area contributed by atoms with Crippen molar-refractivity contribution in [3.05, 3.63) is 42.5 Å². The van der Waals surface area contributed by atoms with Gasteiger partial charge in [0, 0.05) is 6.54 Å². The Hall–Kier alpha value is -1.71. The van der Waals surface area contributed by atoms with E-state index in [2.05, 4.69) is 16.9 Å². The number of pyridine rings is 1. The highest BCUT2D eigenvalue weighted by Crippen LogP contribution is 1.97. The minimum atomic E-state index is -0.652. The lowest BCUT2D eigenvalue weighted by Gasteiger charge is -2.01. The second-order valence-corrected chi connectivity index (χ2v) is 2.68. The van der Waals surface area contributed by atoms with Crippen LogP contribution in [0, 0.1) is 5.95 Å². The first-order valence-corrected chi connectivity index (χ1v) is 4.25. The molecular formula is C10H11FN2O. The van der Waals surface area contributed by atoms with E-state index >= 15 is 0 Å². The van der Waals surface area contributed by atoms with Gasteiger partial charge in [-0.2, -0.15) is 4.39 Å². The molecule has 0 bridgehead atoms. The lowest BCUT2D eigenvalue weighted by atomic mass is 10.3. The first-order chi connectivity index (χ1) is 6.74. The van der Waals surface area contributed by atoms with Gasteiger partial charge in [-0.25, -0.2) is 4.98 Å². The first kappa shape index (κ1) is 10.4. The monoisotopic (exact) mass is 194 g/mol. The quantitative estimate of drug-likeness (QED) is 0.448. The van der Waals surface area contributed by atoms with Crippen molar-refractivity contribution in [3.63, 3.8) is 0 Å². The zero-order chi connectivity index (χ0) is 10.4. The van der Waals surface area contributed by atoms with Crippen LogP contribution < -0.4 is 5.32 Å². The maximum Gasteiger partial charge on any atom is 0.270 e. The van der Waals surface area contributed by atoms with Crippen LogP contribution in [0.5, 0.6) is 0 Å². The predicted molar refractivity (Wildman–Crippen MR) is 51.3 cm³/mol. The lowest BCUT2D eigenvalue weighted by molar-refractivity contribution is 0.0948. The van der Waals surface area contributed by atoms with Gasteiger partial charge in [0.25, 0.3) is 5.91 Å². The van der Waals surface area contributed by atoms with Crippen LogP contribution in [0.4, 0.5) is 4.39 Å². The van der Waals surface area contributed by atoms with E-state index in [1.807, 2.05) is 0 Å². The van der Waals surface area contributed by atoms with E-state index in [4.69, 9.17) is 0 Å². The highest BCUT2D eigenvalue weighted by atomic mass is 19.1. The van der Waals surface area contributed by atoms with Gasteiger partial charge in [0.15, 0.2) is 0 Å². The van der Waals surface area contributed by atoms with Crippen LogP contribution in [-0.4, -0.2) is 17.4 Å². The van der Waals surface area contributed by atoms with E-state index in [1.54, 1.807) is 6.08 Å². The fraction of sp³-hybridized carbons (Fsp3) is 0.200. The molecule has 0 aliphatic carbocycles. The number of carbonyl (C=O) groups is 1. The third-order valence-corrected chi connectivity index (χ3v) is 1.58. The molecule has 0 spiro atoms. The molecule has 4 heteroatoms. The van der Waals surface area contributed by atoms with Gasteiger partial charge >= 0.3 is 0 Å². The Morgan fingerprint density at radius 2 is 2.43 bits per heavy atom. The second-order valence-electron chi connectivity index (χ2n) is 2.68. The summed E-state index contributed by atoms with van der Waals surface area (Å²) in [6.45, 7) is 4.00. The first-order valence-electron chi connectivity index (χ1n) is 4.25. The Labute approximate surface area is 81.7 Å². The molecule has 0 aliphatic heterocycles. The summed E-state index contributed by atoms with van der Waals surface area (Å²) in [7, 11) is 0. The molecule has 3 nitrogen and oxygen atoms in total. The SMILES string of the molecule is C=CCCNC(=O)c1cccc(F)n1. The van der Waals surface area contributed by atoms with Crippen molar-refractivity contribution < 1.29 is 9.18 Å². The van der Waals surface area contributed by atoms with E-state index in [0.29, 0.717) is 13.0 Å². The van der Waals surface area contributed by atoms with Crippen LogP contribution in [0.25, 0.3) is 0 Å². The topological polar surface area (TPSA) is 42.0 Å². The van der Waals surface area contributed by atoms with Crippen molar-refractivity contribution in [2.45, 2.75) is 6.42 Å². The van der Waals surface area contributed by atoms with Crippen molar-refractivity contribution in [2.75, 3.05) is 6.54 Å². The number of hydrogen-bond donors (Lipinski definition) is 1. The van der Waals surface area contributed by atoms with Gasteiger partial charge < -0.3 is 5.32 Å². The Morgan fingerprint density at radius 3 is 3.07 bits per heavy atom. The molecule has 14 heavy (non-hydrogen) atoms. The largest absolute Gasteiger partial charge is 0.350 e. The Kier molecular flexibility index (Phi) is 3.79. The second kappa shape index (κ2) is 5.11. The number of rotatable bonds is 4. The lowest BCUT2D eigenvalue weighted by Crippen LogP contribution is -2.25. The summed E-state index contributed by atoms with van der Waals surface area (Å²) in [6.07, 6.45) is 2.38. The van der Waals surface area contributed by atoms with E-state index in [1.165, 1.54) is 18.2 Å². The van der Waals surface area contributed by atoms with Gasteiger partial charge in [-0.05, 0) is 18.6 Å². The van der Waals surface area contributed by atoms with Gasteiger partial charge in [0.1, 0.15) is 5.69 Å². The van der Waals surface area contributed by atoms with Crippen molar-refractivity contribution in [1.29, 1.82) is 0 Å². The number of nitrogens with one attached hydrogen (secondary N) is 1. The number of aromatic nitrogens is 1. The minimum Gasteiger partial charge on any atom is -0.350 e. The average molecular weight is 194 g/mol. The molecule has 0 saturated carbocycles. The van der Waals surface area contributed by atoms with Gasteiger partial charge in [0.05, 0.1) is 0 Å². The molecule has 1 amide bonds. The molecule has 0 aliphatic rings. The highest BCUT2D eigenvalue weighted by Gasteiger charge is 2.05. The number of nitrogens with zero attached hydrogens (tertiary/aromatic N) is 1. The zero-order valence-corrected chi connectivity index (χ0v) is 7.66. The molecule has 0 atom stereocenters. The molecule has 0 radical (unpaired) electrons. The summed E-state index contributed by atoms with van der Waals surface area (Å²) >= 11 is 0. The van der Waals surface area contributed by atoms with Gasteiger partial charge in [0.2, 0.25) is 5.95 Å². The van der Waals surface area contributed by atoms with Crippen molar-refractivity contribution >= 4 is 5.91 Å². The average Bonchev–Trinajstić information content (AvgIpc) is 2.18. The maximum absolute atomic E-state index is 12.6. The van der Waals surface area contributed by atoms with Crippen LogP contribution in [0.3, 0.4) is 0 Å². The molecule has 1 aromatic rings. The third kappa shape index (κ3) is 2.97. The molecule has 0 saturated heterocycles.